The van der Waals surface area contributed by atoms with Crippen molar-refractivity contribution in [3.63, 3.8) is 0 Å². The molecule has 134 valence electrons. The number of aromatic nitrogens is 1. The average Bonchev–Trinajstić information content (AvgIpc) is 2.56. The van der Waals surface area contributed by atoms with Crippen LogP contribution in [-0.2, 0) is 6.18 Å². The molecule has 0 saturated carbocycles. The fraction of sp³-hybridized carbons (Fsp3) is 0.294. The lowest BCUT2D eigenvalue weighted by Gasteiger charge is -2.14. The van der Waals surface area contributed by atoms with Gasteiger partial charge in [0.15, 0.2) is 0 Å². The molecule has 1 amide bonds. The van der Waals surface area contributed by atoms with E-state index < -0.39 is 11.7 Å². The lowest BCUT2D eigenvalue weighted by molar-refractivity contribution is -0.137. The molecular weight excluding hydrogens is 355 g/mol. The Morgan fingerprint density at radius 3 is 2.64 bits per heavy atom. The molecule has 25 heavy (non-hydrogen) atoms. The number of carbonyl (C=O) groups excluding carboxylic acids is 1. The number of hydrogen-bond acceptors (Lipinski definition) is 3. The third-order valence-electron chi connectivity index (χ3n) is 3.56. The van der Waals surface area contributed by atoms with Gasteiger partial charge >= 0.3 is 6.18 Å². The van der Waals surface area contributed by atoms with E-state index in [0.29, 0.717) is 5.69 Å². The van der Waals surface area contributed by atoms with E-state index in [1.807, 2.05) is 13.8 Å². The maximum absolute atomic E-state index is 12.8. The van der Waals surface area contributed by atoms with Crippen LogP contribution in [-0.4, -0.2) is 16.9 Å². The summed E-state index contributed by atoms with van der Waals surface area (Å²) in [6.07, 6.45) is -2.31. The molecule has 0 fully saturated rings. The van der Waals surface area contributed by atoms with Crippen LogP contribution in [0.25, 0.3) is 0 Å². The van der Waals surface area contributed by atoms with Gasteiger partial charge in [0.1, 0.15) is 5.69 Å². The molecule has 8 heteroatoms. The highest BCUT2D eigenvalue weighted by molar-refractivity contribution is 6.33. The third-order valence-corrected chi connectivity index (χ3v) is 3.88. The van der Waals surface area contributed by atoms with Crippen molar-refractivity contribution in [2.24, 2.45) is 0 Å². The van der Waals surface area contributed by atoms with Crippen LogP contribution in [0.5, 0.6) is 0 Å². The Morgan fingerprint density at radius 2 is 2.00 bits per heavy atom. The van der Waals surface area contributed by atoms with Gasteiger partial charge in [0.2, 0.25) is 0 Å². The quantitative estimate of drug-likeness (QED) is 0.775. The molecule has 2 N–H and O–H groups in total. The van der Waals surface area contributed by atoms with Gasteiger partial charge in [-0.25, -0.2) is 0 Å². The van der Waals surface area contributed by atoms with Crippen molar-refractivity contribution in [1.29, 1.82) is 0 Å². The van der Waals surface area contributed by atoms with Gasteiger partial charge in [0.25, 0.3) is 5.91 Å². The number of nitrogens with zero attached hydrogens (tertiary/aromatic N) is 1. The Hall–Kier alpha value is -2.28. The van der Waals surface area contributed by atoms with E-state index in [2.05, 4.69) is 15.6 Å². The number of rotatable bonds is 5. The van der Waals surface area contributed by atoms with Gasteiger partial charge in [0, 0.05) is 17.9 Å². The molecule has 0 radical (unpaired) electrons. The van der Waals surface area contributed by atoms with Crippen molar-refractivity contribution in [1.82, 2.24) is 10.3 Å². The number of amides is 1. The molecule has 1 aromatic carbocycles. The highest BCUT2D eigenvalue weighted by Crippen LogP contribution is 2.34. The lowest BCUT2D eigenvalue weighted by atomic mass is 10.2. The number of nitrogens with one attached hydrogen (secondary N) is 2. The molecule has 0 bridgehead atoms. The zero-order chi connectivity index (χ0) is 18.6. The second-order valence-electron chi connectivity index (χ2n) is 5.53. The van der Waals surface area contributed by atoms with E-state index in [1.165, 1.54) is 24.4 Å². The number of carbonyl (C=O) groups is 1. The normalized spacial score (nSPS) is 12.6. The molecule has 0 aliphatic carbocycles. The summed E-state index contributed by atoms with van der Waals surface area (Å²) in [5.41, 5.74) is -0.155. The van der Waals surface area contributed by atoms with Crippen LogP contribution in [0.15, 0.2) is 36.5 Å². The maximum Gasteiger partial charge on any atom is 0.416 e. The highest BCUT2D eigenvalue weighted by Gasteiger charge is 2.31. The zero-order valence-corrected chi connectivity index (χ0v) is 14.4. The molecule has 4 nitrogen and oxygen atoms in total. The molecule has 1 aromatic heterocycles. The van der Waals surface area contributed by atoms with Crippen LogP contribution in [0.1, 0.15) is 36.3 Å². The molecule has 1 heterocycles. The first-order valence-corrected chi connectivity index (χ1v) is 7.99. The van der Waals surface area contributed by atoms with E-state index in [-0.39, 0.29) is 28.4 Å². The van der Waals surface area contributed by atoms with E-state index in [9.17, 15) is 18.0 Å². The Morgan fingerprint density at radius 1 is 1.28 bits per heavy atom. The van der Waals surface area contributed by atoms with Gasteiger partial charge in [-0.05, 0) is 43.7 Å². The minimum atomic E-state index is -4.47. The van der Waals surface area contributed by atoms with E-state index in [1.54, 1.807) is 0 Å². The molecule has 0 aliphatic heterocycles. The van der Waals surface area contributed by atoms with Crippen molar-refractivity contribution < 1.29 is 18.0 Å². The molecular formula is C17H17ClF3N3O. The third kappa shape index (κ3) is 5.09. The Bertz CT molecular complexity index is 765. The van der Waals surface area contributed by atoms with Crippen LogP contribution in [0.3, 0.4) is 0 Å². The summed E-state index contributed by atoms with van der Waals surface area (Å²) in [5, 5.41) is 5.70. The number of halogens is 4. The van der Waals surface area contributed by atoms with Gasteiger partial charge in [0.05, 0.1) is 16.3 Å². The van der Waals surface area contributed by atoms with Crippen molar-refractivity contribution >= 4 is 28.9 Å². The van der Waals surface area contributed by atoms with E-state index >= 15 is 0 Å². The van der Waals surface area contributed by atoms with Crippen LogP contribution in [0.4, 0.5) is 24.5 Å². The summed E-state index contributed by atoms with van der Waals surface area (Å²) >= 11 is 5.96. The summed E-state index contributed by atoms with van der Waals surface area (Å²) in [6, 6.07) is 5.98. The van der Waals surface area contributed by atoms with Crippen molar-refractivity contribution in [2.45, 2.75) is 32.5 Å². The van der Waals surface area contributed by atoms with E-state index in [0.717, 1.165) is 18.6 Å². The largest absolute Gasteiger partial charge is 0.416 e. The zero-order valence-electron chi connectivity index (χ0n) is 13.6. The minimum Gasteiger partial charge on any atom is -0.354 e. The summed E-state index contributed by atoms with van der Waals surface area (Å²) in [7, 11) is 0. The molecule has 1 unspecified atom stereocenters. The van der Waals surface area contributed by atoms with Crippen molar-refractivity contribution in [3.8, 4) is 0 Å². The fourth-order valence-electron chi connectivity index (χ4n) is 1.99. The molecule has 0 saturated heterocycles. The average molecular weight is 372 g/mol. The Kier molecular flexibility index (Phi) is 5.89. The number of alkyl halides is 3. The SMILES string of the molecule is CCC(C)NC(=O)c1cc(Nc2cc(C(F)(F)F)ccc2Cl)ccn1. The summed E-state index contributed by atoms with van der Waals surface area (Å²) < 4.78 is 38.5. The van der Waals surface area contributed by atoms with Crippen molar-refractivity contribution in [3.05, 3.63) is 52.8 Å². The first-order chi connectivity index (χ1) is 11.7. The van der Waals surface area contributed by atoms with E-state index in [4.69, 9.17) is 11.6 Å². The molecule has 2 aromatic rings. The summed E-state index contributed by atoms with van der Waals surface area (Å²) in [4.78, 5) is 16.1. The molecule has 0 spiro atoms. The molecule has 1 atom stereocenters. The first-order valence-electron chi connectivity index (χ1n) is 7.61. The predicted octanol–water partition coefficient (Wildman–Crippen LogP) is 5.03. The number of pyridine rings is 1. The Labute approximate surface area is 148 Å². The standard InChI is InChI=1S/C17H17ClF3N3O/c1-3-10(2)23-16(25)15-9-12(6-7-22-15)24-14-8-11(17(19,20)21)4-5-13(14)18/h4-10H,3H2,1-2H3,(H,22,24)(H,23,25). The van der Waals surface area contributed by atoms with Crippen LogP contribution in [0, 0.1) is 0 Å². The number of benzene rings is 1. The monoisotopic (exact) mass is 371 g/mol. The van der Waals surface area contributed by atoms with Crippen LogP contribution < -0.4 is 10.6 Å². The number of anilines is 2. The maximum atomic E-state index is 12.8. The molecule has 2 rings (SSSR count). The van der Waals surface area contributed by atoms with Gasteiger partial charge in [-0.2, -0.15) is 13.2 Å². The van der Waals surface area contributed by atoms with Gasteiger partial charge in [-0.3, -0.25) is 9.78 Å². The first kappa shape index (κ1) is 19.1. The predicted molar refractivity (Wildman–Crippen MR) is 91.2 cm³/mol. The van der Waals surface area contributed by atoms with Gasteiger partial charge in [-0.1, -0.05) is 18.5 Å². The highest BCUT2D eigenvalue weighted by atomic mass is 35.5. The van der Waals surface area contributed by atoms with Gasteiger partial charge < -0.3 is 10.6 Å². The smallest absolute Gasteiger partial charge is 0.354 e. The lowest BCUT2D eigenvalue weighted by Crippen LogP contribution is -2.32. The minimum absolute atomic E-state index is 0.0103. The summed E-state index contributed by atoms with van der Waals surface area (Å²) in [6.45, 7) is 3.80. The van der Waals surface area contributed by atoms with Crippen molar-refractivity contribution in [2.75, 3.05) is 5.32 Å². The van der Waals surface area contributed by atoms with Gasteiger partial charge in [-0.15, -0.1) is 0 Å². The second kappa shape index (κ2) is 7.74. The fourth-order valence-corrected chi connectivity index (χ4v) is 2.15. The van der Waals surface area contributed by atoms with Crippen LogP contribution >= 0.6 is 11.6 Å². The Balaban J connectivity index is 2.24. The molecule has 0 aliphatic rings. The topological polar surface area (TPSA) is 54.0 Å². The summed E-state index contributed by atoms with van der Waals surface area (Å²) in [5.74, 6) is -0.354. The second-order valence-corrected chi connectivity index (χ2v) is 5.94. The number of hydrogen-bond donors (Lipinski definition) is 2. The van der Waals surface area contributed by atoms with Crippen LogP contribution in [0.2, 0.25) is 5.02 Å².